The maximum Gasteiger partial charge on any atom is 0.328 e. The summed E-state index contributed by atoms with van der Waals surface area (Å²) in [5.41, 5.74) is -1.07. The third-order valence-electron chi connectivity index (χ3n) is 5.40. The quantitative estimate of drug-likeness (QED) is 0.511. The largest absolute Gasteiger partial charge is 0.465 e. The van der Waals surface area contributed by atoms with Crippen LogP contribution in [0.3, 0.4) is 0 Å². The van der Waals surface area contributed by atoms with Crippen molar-refractivity contribution < 1.29 is 23.5 Å². The first-order chi connectivity index (χ1) is 13.9. The van der Waals surface area contributed by atoms with E-state index in [0.717, 1.165) is 0 Å². The molecule has 0 unspecified atom stereocenters. The van der Waals surface area contributed by atoms with Crippen LogP contribution in [0.4, 0.5) is 4.39 Å². The number of esters is 2. The molecule has 29 heavy (non-hydrogen) atoms. The van der Waals surface area contributed by atoms with Gasteiger partial charge in [-0.3, -0.25) is 14.7 Å². The van der Waals surface area contributed by atoms with Crippen LogP contribution in [0.15, 0.2) is 24.5 Å². The van der Waals surface area contributed by atoms with E-state index in [1.54, 1.807) is 26.1 Å². The van der Waals surface area contributed by atoms with Crippen LogP contribution < -0.4 is 0 Å². The molecule has 1 atom stereocenters. The molecular formula is C19H20FN5O4. The van der Waals surface area contributed by atoms with Crippen LogP contribution in [0.5, 0.6) is 0 Å². The number of aromatic amines is 1. The van der Waals surface area contributed by atoms with Gasteiger partial charge in [0.2, 0.25) is 5.95 Å². The summed E-state index contributed by atoms with van der Waals surface area (Å²) in [4.78, 5) is 30.5. The zero-order valence-corrected chi connectivity index (χ0v) is 16.2. The Morgan fingerprint density at radius 1 is 1.28 bits per heavy atom. The molecule has 4 rings (SSSR count). The molecule has 9 nitrogen and oxygen atoms in total. The highest BCUT2D eigenvalue weighted by atomic mass is 19.1. The summed E-state index contributed by atoms with van der Waals surface area (Å²) in [6.07, 6.45) is 2.97. The normalized spacial score (nSPS) is 19.9. The molecule has 1 aliphatic carbocycles. The fourth-order valence-electron chi connectivity index (χ4n) is 4.20. The van der Waals surface area contributed by atoms with Crippen LogP contribution in [-0.4, -0.2) is 49.9 Å². The number of rotatable bonds is 5. The second-order valence-electron chi connectivity index (χ2n) is 7.08. The van der Waals surface area contributed by atoms with Gasteiger partial charge in [-0.25, -0.2) is 9.50 Å². The van der Waals surface area contributed by atoms with Crippen molar-refractivity contribution in [1.29, 1.82) is 0 Å². The lowest BCUT2D eigenvalue weighted by atomic mass is 9.76. The van der Waals surface area contributed by atoms with E-state index in [1.165, 1.54) is 16.8 Å². The molecule has 0 bridgehead atoms. The van der Waals surface area contributed by atoms with Crippen LogP contribution in [0, 0.1) is 5.95 Å². The molecule has 0 aliphatic heterocycles. The highest BCUT2D eigenvalue weighted by molar-refractivity contribution is 6.08. The fraction of sp³-hybridized carbons (Fsp3) is 0.421. The minimum Gasteiger partial charge on any atom is -0.465 e. The Morgan fingerprint density at radius 3 is 2.55 bits per heavy atom. The average Bonchev–Trinajstić information content (AvgIpc) is 3.39. The number of fused-ring (bicyclic) bond motifs is 3. The van der Waals surface area contributed by atoms with Gasteiger partial charge in [-0.05, 0) is 33.3 Å². The number of carbonyl (C=O) groups is 2. The minimum atomic E-state index is -1.76. The molecule has 0 saturated carbocycles. The molecule has 3 aromatic heterocycles. The monoisotopic (exact) mass is 401 g/mol. The second-order valence-corrected chi connectivity index (χ2v) is 7.08. The first-order valence-corrected chi connectivity index (χ1v) is 9.28. The molecule has 0 amide bonds. The van der Waals surface area contributed by atoms with Gasteiger partial charge >= 0.3 is 11.9 Å². The van der Waals surface area contributed by atoms with Gasteiger partial charge in [-0.1, -0.05) is 0 Å². The average molecular weight is 401 g/mol. The van der Waals surface area contributed by atoms with Crippen LogP contribution in [0.2, 0.25) is 0 Å². The summed E-state index contributed by atoms with van der Waals surface area (Å²) in [5.74, 6) is -2.20. The van der Waals surface area contributed by atoms with Crippen LogP contribution in [-0.2, 0) is 29.9 Å². The third-order valence-corrected chi connectivity index (χ3v) is 5.40. The summed E-state index contributed by atoms with van der Waals surface area (Å²) >= 11 is 0. The van der Waals surface area contributed by atoms with E-state index in [1.807, 2.05) is 6.92 Å². The van der Waals surface area contributed by atoms with Crippen molar-refractivity contribution in [2.75, 3.05) is 13.2 Å². The smallest absolute Gasteiger partial charge is 0.328 e. The number of halogens is 1. The molecule has 0 saturated heterocycles. The molecule has 3 heterocycles. The Morgan fingerprint density at radius 2 is 1.97 bits per heavy atom. The minimum absolute atomic E-state index is 0.00251. The van der Waals surface area contributed by atoms with E-state index < -0.39 is 28.7 Å². The first-order valence-electron chi connectivity index (χ1n) is 9.28. The number of nitrogens with one attached hydrogen (secondary N) is 1. The van der Waals surface area contributed by atoms with Gasteiger partial charge in [-0.15, -0.1) is 5.10 Å². The molecule has 152 valence electrons. The van der Waals surface area contributed by atoms with E-state index >= 15 is 0 Å². The molecule has 0 radical (unpaired) electrons. The fourth-order valence-corrected chi connectivity index (χ4v) is 4.20. The standard InChI is InChI=1S/C19H20FN5O4/c1-4-28-16(26)19(17(27)29-5-2)10-18(3,12-6-7-22-23-12)15-11(19)9-21-14-8-13(20)24-25(14)15/h6-9H,4-5,10H2,1-3H3,(H,22,23)/t18-/m1/s1. The molecule has 0 fully saturated rings. The Bertz CT molecular complexity index is 1080. The molecule has 1 N–H and O–H groups in total. The van der Waals surface area contributed by atoms with Crippen molar-refractivity contribution >= 4 is 17.6 Å². The van der Waals surface area contributed by atoms with Crippen molar-refractivity contribution in [2.45, 2.75) is 38.0 Å². The summed E-state index contributed by atoms with van der Waals surface area (Å²) in [6, 6.07) is 2.92. The van der Waals surface area contributed by atoms with Crippen LogP contribution >= 0.6 is 0 Å². The Hall–Kier alpha value is -3.30. The predicted molar refractivity (Wildman–Crippen MR) is 97.5 cm³/mol. The van der Waals surface area contributed by atoms with Crippen molar-refractivity contribution in [2.24, 2.45) is 0 Å². The van der Waals surface area contributed by atoms with Gasteiger partial charge in [0, 0.05) is 29.7 Å². The van der Waals surface area contributed by atoms with E-state index in [0.29, 0.717) is 11.4 Å². The molecule has 3 aromatic rings. The first kappa shape index (κ1) is 19.0. The van der Waals surface area contributed by atoms with Gasteiger partial charge in [0.05, 0.1) is 24.3 Å². The second kappa shape index (κ2) is 6.64. The zero-order chi connectivity index (χ0) is 20.8. The lowest BCUT2D eigenvalue weighted by Gasteiger charge is -2.28. The van der Waals surface area contributed by atoms with Gasteiger partial charge in [0.1, 0.15) is 0 Å². The predicted octanol–water partition coefficient (Wildman–Crippen LogP) is 1.67. The van der Waals surface area contributed by atoms with Crippen molar-refractivity contribution in [3.8, 4) is 0 Å². The summed E-state index contributed by atoms with van der Waals surface area (Å²) < 4.78 is 25.9. The van der Waals surface area contributed by atoms with E-state index in [9.17, 15) is 14.0 Å². The summed E-state index contributed by atoms with van der Waals surface area (Å²) in [6.45, 7) is 5.32. The molecular weight excluding hydrogens is 381 g/mol. The van der Waals surface area contributed by atoms with Crippen LogP contribution in [0.1, 0.15) is 44.1 Å². The topological polar surface area (TPSA) is 111 Å². The highest BCUT2D eigenvalue weighted by Gasteiger charge is 2.63. The maximum absolute atomic E-state index is 14.0. The molecule has 0 aromatic carbocycles. The Balaban J connectivity index is 2.07. The van der Waals surface area contributed by atoms with E-state index in [-0.39, 0.29) is 30.8 Å². The van der Waals surface area contributed by atoms with Gasteiger partial charge in [0.25, 0.3) is 0 Å². The number of carbonyl (C=O) groups excluding carboxylic acids is 2. The Kier molecular flexibility index (Phi) is 4.36. The maximum atomic E-state index is 14.0. The Labute approximate surface area is 165 Å². The third kappa shape index (κ3) is 2.55. The number of ether oxygens (including phenoxy) is 2. The van der Waals surface area contributed by atoms with Gasteiger partial charge in [0.15, 0.2) is 11.1 Å². The lowest BCUT2D eigenvalue weighted by molar-refractivity contribution is -0.165. The van der Waals surface area contributed by atoms with Crippen molar-refractivity contribution in [3.63, 3.8) is 0 Å². The van der Waals surface area contributed by atoms with Crippen molar-refractivity contribution in [3.05, 3.63) is 47.4 Å². The number of hydrogen-bond donors (Lipinski definition) is 1. The van der Waals surface area contributed by atoms with Gasteiger partial charge in [-0.2, -0.15) is 9.49 Å². The summed E-state index contributed by atoms with van der Waals surface area (Å²) in [5, 5.41) is 10.8. The van der Waals surface area contributed by atoms with E-state index in [2.05, 4.69) is 20.3 Å². The van der Waals surface area contributed by atoms with Crippen LogP contribution in [0.25, 0.3) is 5.65 Å². The summed E-state index contributed by atoms with van der Waals surface area (Å²) in [7, 11) is 0. The SMILES string of the molecule is CCOC(=O)C1(C(=O)OCC)C[C@](C)(c2ccn[nH]2)c2c1cnc1cc(F)nn21. The molecule has 0 spiro atoms. The number of aromatic nitrogens is 5. The number of H-pyrrole nitrogens is 1. The van der Waals surface area contributed by atoms with Crippen molar-refractivity contribution in [1.82, 2.24) is 24.8 Å². The van der Waals surface area contributed by atoms with Gasteiger partial charge < -0.3 is 9.47 Å². The molecule has 10 heteroatoms. The lowest BCUT2D eigenvalue weighted by Crippen LogP contribution is -2.46. The van der Waals surface area contributed by atoms with E-state index in [4.69, 9.17) is 9.47 Å². The number of hydrogen-bond acceptors (Lipinski definition) is 7. The number of nitrogens with zero attached hydrogens (tertiary/aromatic N) is 4. The highest BCUT2D eigenvalue weighted by Crippen LogP contribution is 2.53. The molecule has 1 aliphatic rings. The zero-order valence-electron chi connectivity index (χ0n) is 16.2.